The lowest BCUT2D eigenvalue weighted by Crippen LogP contribution is -2.37. The van der Waals surface area contributed by atoms with Crippen LogP contribution >= 0.6 is 0 Å². The Hall–Kier alpha value is -2.02. The second kappa shape index (κ2) is 5.75. The number of rotatable bonds is 3. The molecule has 1 aromatic rings. The van der Waals surface area contributed by atoms with Gasteiger partial charge in [-0.2, -0.15) is 0 Å². The van der Waals surface area contributed by atoms with E-state index in [0.29, 0.717) is 6.54 Å². The summed E-state index contributed by atoms with van der Waals surface area (Å²) >= 11 is 0. The van der Waals surface area contributed by atoms with Crippen molar-refractivity contribution in [2.45, 2.75) is 12.8 Å². The van der Waals surface area contributed by atoms with Crippen LogP contribution in [-0.2, 0) is 4.79 Å². The van der Waals surface area contributed by atoms with Crippen LogP contribution in [0.1, 0.15) is 12.8 Å². The molecule has 0 aliphatic carbocycles. The van der Waals surface area contributed by atoms with E-state index >= 15 is 0 Å². The Bertz CT molecular complexity index is 501. The fourth-order valence-corrected chi connectivity index (χ4v) is 2.07. The van der Waals surface area contributed by atoms with Gasteiger partial charge >= 0.3 is 0 Å². The van der Waals surface area contributed by atoms with Gasteiger partial charge in [0.15, 0.2) is 0 Å². The van der Waals surface area contributed by atoms with Crippen molar-refractivity contribution < 1.29 is 14.1 Å². The molecular formula is C12H14FN3O3. The van der Waals surface area contributed by atoms with Crippen molar-refractivity contribution in [3.05, 3.63) is 34.1 Å². The fourth-order valence-electron chi connectivity index (χ4n) is 2.07. The number of carbonyl (C=O) groups is 1. The molecular weight excluding hydrogens is 253 g/mol. The van der Waals surface area contributed by atoms with Gasteiger partial charge in [0.05, 0.1) is 16.9 Å². The monoisotopic (exact) mass is 267 g/mol. The van der Waals surface area contributed by atoms with E-state index in [2.05, 4.69) is 10.6 Å². The van der Waals surface area contributed by atoms with Gasteiger partial charge in [-0.3, -0.25) is 14.9 Å². The summed E-state index contributed by atoms with van der Waals surface area (Å²) in [7, 11) is 0. The lowest BCUT2D eigenvalue weighted by atomic mass is 9.99. The van der Waals surface area contributed by atoms with Gasteiger partial charge in [0.2, 0.25) is 5.91 Å². The van der Waals surface area contributed by atoms with Crippen LogP contribution in [0.5, 0.6) is 0 Å². The average molecular weight is 267 g/mol. The lowest BCUT2D eigenvalue weighted by molar-refractivity contribution is -0.384. The first-order valence-corrected chi connectivity index (χ1v) is 6.03. The zero-order chi connectivity index (χ0) is 13.8. The fraction of sp³-hybridized carbons (Fsp3) is 0.417. The Morgan fingerprint density at radius 3 is 2.95 bits per heavy atom. The third kappa shape index (κ3) is 3.25. The second-order valence-corrected chi connectivity index (χ2v) is 4.45. The van der Waals surface area contributed by atoms with Gasteiger partial charge in [-0.25, -0.2) is 4.39 Å². The van der Waals surface area contributed by atoms with Crippen LogP contribution in [0.4, 0.5) is 15.8 Å². The molecule has 1 amide bonds. The minimum absolute atomic E-state index is 0.0296. The van der Waals surface area contributed by atoms with E-state index in [1.807, 2.05) is 0 Å². The van der Waals surface area contributed by atoms with Crippen LogP contribution < -0.4 is 10.6 Å². The first-order valence-electron chi connectivity index (χ1n) is 6.03. The SMILES string of the molecule is O=C(Nc1ccc(F)cc1[N+](=O)[O-])[C@H]1CCCNC1. The first kappa shape index (κ1) is 13.4. The summed E-state index contributed by atoms with van der Waals surface area (Å²) < 4.78 is 13.0. The molecule has 0 aromatic heterocycles. The Balaban J connectivity index is 2.13. The van der Waals surface area contributed by atoms with Gasteiger partial charge in [0, 0.05) is 6.54 Å². The van der Waals surface area contributed by atoms with Crippen molar-refractivity contribution in [3.8, 4) is 0 Å². The Morgan fingerprint density at radius 1 is 1.53 bits per heavy atom. The molecule has 0 bridgehead atoms. The summed E-state index contributed by atoms with van der Waals surface area (Å²) in [6.45, 7) is 1.43. The van der Waals surface area contributed by atoms with E-state index in [1.165, 1.54) is 6.07 Å². The summed E-state index contributed by atoms with van der Waals surface area (Å²) in [5.74, 6) is -1.19. The lowest BCUT2D eigenvalue weighted by Gasteiger charge is -2.21. The standard InChI is InChI=1S/C12H14FN3O3/c13-9-3-4-10(11(6-9)16(18)19)15-12(17)8-2-1-5-14-7-8/h3-4,6,8,14H,1-2,5,7H2,(H,15,17)/t8-/m0/s1. The molecule has 2 N–H and O–H groups in total. The number of nitro benzene ring substituents is 1. The molecule has 102 valence electrons. The number of carbonyl (C=O) groups excluding carboxylic acids is 1. The predicted octanol–water partition coefficient (Wildman–Crippen LogP) is 1.67. The van der Waals surface area contributed by atoms with Gasteiger partial charge in [0.1, 0.15) is 11.5 Å². The van der Waals surface area contributed by atoms with Crippen LogP contribution in [-0.4, -0.2) is 23.9 Å². The quantitative estimate of drug-likeness (QED) is 0.644. The third-order valence-electron chi connectivity index (χ3n) is 3.08. The van der Waals surface area contributed by atoms with E-state index in [4.69, 9.17) is 0 Å². The van der Waals surface area contributed by atoms with Gasteiger partial charge in [-0.1, -0.05) is 0 Å². The predicted molar refractivity (Wildman–Crippen MR) is 67.3 cm³/mol. The van der Waals surface area contributed by atoms with Gasteiger partial charge in [-0.15, -0.1) is 0 Å². The molecule has 1 aliphatic rings. The number of nitrogens with zero attached hydrogens (tertiary/aromatic N) is 1. The minimum atomic E-state index is -0.711. The summed E-state index contributed by atoms with van der Waals surface area (Å²) in [5, 5.41) is 16.4. The molecule has 6 nitrogen and oxygen atoms in total. The molecule has 7 heteroatoms. The largest absolute Gasteiger partial charge is 0.320 e. The molecule has 0 spiro atoms. The van der Waals surface area contributed by atoms with Gasteiger partial charge < -0.3 is 10.6 Å². The number of anilines is 1. The van der Waals surface area contributed by atoms with Crippen molar-refractivity contribution >= 4 is 17.3 Å². The molecule has 2 rings (SSSR count). The van der Waals surface area contributed by atoms with Crippen molar-refractivity contribution in [3.63, 3.8) is 0 Å². The molecule has 1 atom stereocenters. The normalized spacial score (nSPS) is 18.9. The van der Waals surface area contributed by atoms with Crippen molar-refractivity contribution in [2.75, 3.05) is 18.4 Å². The van der Waals surface area contributed by atoms with Gasteiger partial charge in [0.25, 0.3) is 5.69 Å². The Kier molecular flexibility index (Phi) is 4.06. The smallest absolute Gasteiger partial charge is 0.295 e. The highest BCUT2D eigenvalue weighted by Gasteiger charge is 2.23. The van der Waals surface area contributed by atoms with E-state index < -0.39 is 16.4 Å². The third-order valence-corrected chi connectivity index (χ3v) is 3.08. The molecule has 0 unspecified atom stereocenters. The molecule has 19 heavy (non-hydrogen) atoms. The molecule has 1 aliphatic heterocycles. The maximum atomic E-state index is 13.0. The average Bonchev–Trinajstić information content (AvgIpc) is 2.41. The Labute approximate surface area is 109 Å². The summed E-state index contributed by atoms with van der Waals surface area (Å²) in [6.07, 6.45) is 1.64. The van der Waals surface area contributed by atoms with Crippen LogP contribution in [0.2, 0.25) is 0 Å². The van der Waals surface area contributed by atoms with Crippen LogP contribution in [0, 0.1) is 21.8 Å². The van der Waals surface area contributed by atoms with Crippen molar-refractivity contribution in [1.29, 1.82) is 0 Å². The number of benzene rings is 1. The highest BCUT2D eigenvalue weighted by Crippen LogP contribution is 2.26. The maximum absolute atomic E-state index is 13.0. The summed E-state index contributed by atoms with van der Waals surface area (Å²) in [6, 6.07) is 3.10. The van der Waals surface area contributed by atoms with Crippen LogP contribution in [0.15, 0.2) is 18.2 Å². The number of hydrogen-bond donors (Lipinski definition) is 2. The molecule has 1 heterocycles. The number of hydrogen-bond acceptors (Lipinski definition) is 4. The number of piperidine rings is 1. The first-order chi connectivity index (χ1) is 9.08. The highest BCUT2D eigenvalue weighted by atomic mass is 19.1. The number of nitrogens with one attached hydrogen (secondary N) is 2. The number of halogens is 1. The zero-order valence-electron chi connectivity index (χ0n) is 10.2. The van der Waals surface area contributed by atoms with Gasteiger partial charge in [-0.05, 0) is 31.5 Å². The van der Waals surface area contributed by atoms with E-state index in [-0.39, 0.29) is 17.5 Å². The topological polar surface area (TPSA) is 84.3 Å². The van der Waals surface area contributed by atoms with E-state index in [0.717, 1.165) is 31.5 Å². The minimum Gasteiger partial charge on any atom is -0.320 e. The van der Waals surface area contributed by atoms with Crippen LogP contribution in [0.3, 0.4) is 0 Å². The molecule has 0 radical (unpaired) electrons. The molecule has 0 saturated carbocycles. The summed E-state index contributed by atoms with van der Waals surface area (Å²) in [5.41, 5.74) is -0.404. The number of amides is 1. The van der Waals surface area contributed by atoms with Crippen LogP contribution in [0.25, 0.3) is 0 Å². The summed E-state index contributed by atoms with van der Waals surface area (Å²) in [4.78, 5) is 22.1. The maximum Gasteiger partial charge on any atom is 0.295 e. The highest BCUT2D eigenvalue weighted by molar-refractivity contribution is 5.94. The van der Waals surface area contributed by atoms with E-state index in [9.17, 15) is 19.3 Å². The molecule has 1 fully saturated rings. The Morgan fingerprint density at radius 2 is 2.32 bits per heavy atom. The second-order valence-electron chi connectivity index (χ2n) is 4.45. The zero-order valence-corrected chi connectivity index (χ0v) is 10.2. The molecule has 1 saturated heterocycles. The number of nitro groups is 1. The van der Waals surface area contributed by atoms with Crippen molar-refractivity contribution in [1.82, 2.24) is 5.32 Å². The van der Waals surface area contributed by atoms with Crippen molar-refractivity contribution in [2.24, 2.45) is 5.92 Å². The molecule has 1 aromatic carbocycles. The van der Waals surface area contributed by atoms with E-state index in [1.54, 1.807) is 0 Å².